The Morgan fingerprint density at radius 3 is 2.52 bits per heavy atom. The number of ether oxygens (including phenoxy) is 1. The van der Waals surface area contributed by atoms with Crippen LogP contribution in [0.1, 0.15) is 44.6 Å². The van der Waals surface area contributed by atoms with Gasteiger partial charge in [0, 0.05) is 30.0 Å². The number of para-hydroxylation sites is 1. The summed E-state index contributed by atoms with van der Waals surface area (Å²) in [6.07, 6.45) is 0.637. The number of aryl methyl sites for hydroxylation is 1. The van der Waals surface area contributed by atoms with Gasteiger partial charge in [-0.3, -0.25) is 9.10 Å². The van der Waals surface area contributed by atoms with Crippen LogP contribution in [0.15, 0.2) is 59.5 Å². The molecule has 0 radical (unpaired) electrons. The number of anilines is 1. The first-order valence-electron chi connectivity index (χ1n) is 10.8. The summed E-state index contributed by atoms with van der Waals surface area (Å²) in [5.41, 5.74) is 4.01. The van der Waals surface area contributed by atoms with E-state index in [9.17, 15) is 18.0 Å². The van der Waals surface area contributed by atoms with Crippen molar-refractivity contribution < 1.29 is 22.7 Å². The Morgan fingerprint density at radius 2 is 1.79 bits per heavy atom. The smallest absolute Gasteiger partial charge is 0.338 e. The molecule has 1 aromatic heterocycles. The van der Waals surface area contributed by atoms with Crippen molar-refractivity contribution in [2.24, 2.45) is 0 Å². The summed E-state index contributed by atoms with van der Waals surface area (Å²) in [6.45, 7) is 6.45. The standard InChI is InChI=1S/C25H26N2O5S/c1-4-26-17(2)14-22(18(26)3)24(28)16-32-25(29)20-9-7-10-21(15-20)33(30,31)27-13-12-19-8-5-6-11-23(19)27/h5-11,14-15H,4,12-13,16H2,1-3H3. The van der Waals surface area contributed by atoms with Crippen LogP contribution in [0.3, 0.4) is 0 Å². The number of rotatable bonds is 7. The fraction of sp³-hybridized carbons (Fsp3) is 0.280. The van der Waals surface area contributed by atoms with E-state index in [-0.39, 0.29) is 16.2 Å². The van der Waals surface area contributed by atoms with E-state index >= 15 is 0 Å². The fourth-order valence-electron chi connectivity index (χ4n) is 4.33. The number of carbonyl (C=O) groups excluding carboxylic acids is 2. The van der Waals surface area contributed by atoms with Crippen molar-refractivity contribution in [2.75, 3.05) is 17.5 Å². The minimum Gasteiger partial charge on any atom is -0.454 e. The molecule has 7 nitrogen and oxygen atoms in total. The molecule has 1 aliphatic rings. The summed E-state index contributed by atoms with van der Waals surface area (Å²) in [5, 5.41) is 0. The molecule has 0 fully saturated rings. The van der Waals surface area contributed by atoms with Gasteiger partial charge in [0.15, 0.2) is 6.61 Å². The number of benzene rings is 2. The van der Waals surface area contributed by atoms with Crippen LogP contribution in [0.5, 0.6) is 0 Å². The molecule has 0 saturated carbocycles. The van der Waals surface area contributed by atoms with Crippen molar-refractivity contribution in [3.8, 4) is 0 Å². The normalized spacial score (nSPS) is 13.1. The van der Waals surface area contributed by atoms with E-state index in [0.717, 1.165) is 23.5 Å². The third-order valence-electron chi connectivity index (χ3n) is 6.03. The molecule has 4 rings (SSSR count). The quantitative estimate of drug-likeness (QED) is 0.389. The summed E-state index contributed by atoms with van der Waals surface area (Å²) in [4.78, 5) is 25.2. The zero-order valence-electron chi connectivity index (χ0n) is 18.9. The summed E-state index contributed by atoms with van der Waals surface area (Å²) >= 11 is 0. The Bertz CT molecular complexity index is 1340. The van der Waals surface area contributed by atoms with Gasteiger partial charge in [0.1, 0.15) is 0 Å². The Labute approximate surface area is 193 Å². The Morgan fingerprint density at radius 1 is 1.03 bits per heavy atom. The van der Waals surface area contributed by atoms with Crippen LogP contribution in [0.4, 0.5) is 5.69 Å². The highest BCUT2D eigenvalue weighted by Gasteiger charge is 2.31. The lowest BCUT2D eigenvalue weighted by Crippen LogP contribution is -2.29. The number of nitrogens with zero attached hydrogens (tertiary/aromatic N) is 2. The van der Waals surface area contributed by atoms with Crippen LogP contribution < -0.4 is 4.31 Å². The number of hydrogen-bond acceptors (Lipinski definition) is 5. The number of esters is 1. The maximum absolute atomic E-state index is 13.2. The molecule has 0 spiro atoms. The van der Waals surface area contributed by atoms with Gasteiger partial charge in [-0.25, -0.2) is 13.2 Å². The van der Waals surface area contributed by atoms with E-state index in [1.807, 2.05) is 37.5 Å². The largest absolute Gasteiger partial charge is 0.454 e. The van der Waals surface area contributed by atoms with Crippen molar-refractivity contribution in [3.05, 3.63) is 82.7 Å². The van der Waals surface area contributed by atoms with E-state index < -0.39 is 22.6 Å². The summed E-state index contributed by atoms with van der Waals surface area (Å²) < 4.78 is 35.1. The average Bonchev–Trinajstić information content (AvgIpc) is 3.38. The third kappa shape index (κ3) is 4.18. The molecule has 0 amide bonds. The van der Waals surface area contributed by atoms with Gasteiger partial charge >= 0.3 is 5.97 Å². The minimum absolute atomic E-state index is 0.00599. The number of sulfonamides is 1. The van der Waals surface area contributed by atoms with Crippen molar-refractivity contribution in [2.45, 2.75) is 38.6 Å². The number of hydrogen-bond donors (Lipinski definition) is 0. The zero-order chi connectivity index (χ0) is 23.8. The van der Waals surface area contributed by atoms with Crippen LogP contribution in [0.2, 0.25) is 0 Å². The average molecular weight is 467 g/mol. The topological polar surface area (TPSA) is 85.7 Å². The highest BCUT2D eigenvalue weighted by molar-refractivity contribution is 7.92. The van der Waals surface area contributed by atoms with Crippen molar-refractivity contribution in [1.82, 2.24) is 4.57 Å². The third-order valence-corrected chi connectivity index (χ3v) is 7.84. The number of aromatic nitrogens is 1. The molecular weight excluding hydrogens is 440 g/mol. The van der Waals surface area contributed by atoms with E-state index in [1.165, 1.54) is 28.6 Å². The molecule has 0 saturated heterocycles. The lowest BCUT2D eigenvalue weighted by Gasteiger charge is -2.19. The van der Waals surface area contributed by atoms with Gasteiger partial charge in [-0.1, -0.05) is 24.3 Å². The van der Waals surface area contributed by atoms with Gasteiger partial charge in [0.05, 0.1) is 16.1 Å². The second-order valence-corrected chi connectivity index (χ2v) is 9.87. The van der Waals surface area contributed by atoms with Crippen LogP contribution in [0, 0.1) is 13.8 Å². The van der Waals surface area contributed by atoms with Gasteiger partial charge in [-0.2, -0.15) is 0 Å². The molecular formula is C25H26N2O5S. The first-order valence-corrected chi connectivity index (χ1v) is 12.3. The number of ketones is 1. The molecule has 3 aromatic rings. The van der Waals surface area contributed by atoms with Gasteiger partial charge in [0.2, 0.25) is 5.78 Å². The van der Waals surface area contributed by atoms with Gasteiger partial charge < -0.3 is 9.30 Å². The molecule has 0 atom stereocenters. The number of carbonyl (C=O) groups is 2. The molecule has 0 aliphatic carbocycles. The van der Waals surface area contributed by atoms with E-state index in [4.69, 9.17) is 4.74 Å². The summed E-state index contributed by atoms with van der Waals surface area (Å²) in [6, 6.07) is 14.9. The molecule has 0 unspecified atom stereocenters. The summed E-state index contributed by atoms with van der Waals surface area (Å²) in [7, 11) is -3.84. The zero-order valence-corrected chi connectivity index (χ0v) is 19.7. The van der Waals surface area contributed by atoms with Gasteiger partial charge in [0.25, 0.3) is 10.0 Å². The second-order valence-electron chi connectivity index (χ2n) is 8.01. The van der Waals surface area contributed by atoms with Crippen LogP contribution in [-0.4, -0.2) is 37.9 Å². The maximum atomic E-state index is 13.2. The van der Waals surface area contributed by atoms with E-state index in [0.29, 0.717) is 24.2 Å². The second kappa shape index (κ2) is 8.86. The van der Waals surface area contributed by atoms with E-state index in [1.54, 1.807) is 18.2 Å². The Hall–Kier alpha value is -3.39. The Balaban J connectivity index is 1.50. The lowest BCUT2D eigenvalue weighted by molar-refractivity contribution is 0.0474. The minimum atomic E-state index is -3.84. The number of fused-ring (bicyclic) bond motifs is 1. The van der Waals surface area contributed by atoms with Gasteiger partial charge in [-0.15, -0.1) is 0 Å². The summed E-state index contributed by atoms with van der Waals surface area (Å²) in [5.74, 6) is -1.04. The molecule has 0 bridgehead atoms. The van der Waals surface area contributed by atoms with Crippen LogP contribution in [-0.2, 0) is 27.7 Å². The van der Waals surface area contributed by atoms with Crippen molar-refractivity contribution >= 4 is 27.5 Å². The maximum Gasteiger partial charge on any atom is 0.338 e. The van der Waals surface area contributed by atoms with Crippen molar-refractivity contribution in [1.29, 1.82) is 0 Å². The molecule has 2 aromatic carbocycles. The molecule has 33 heavy (non-hydrogen) atoms. The number of Topliss-reactive ketones (excluding diaryl/α,β-unsaturated/α-hetero) is 1. The first-order chi connectivity index (χ1) is 15.7. The fourth-order valence-corrected chi connectivity index (χ4v) is 5.88. The van der Waals surface area contributed by atoms with Crippen molar-refractivity contribution in [3.63, 3.8) is 0 Å². The molecule has 2 heterocycles. The Kier molecular flexibility index (Phi) is 6.12. The molecule has 172 valence electrons. The lowest BCUT2D eigenvalue weighted by atomic mass is 10.1. The van der Waals surface area contributed by atoms with Crippen LogP contribution >= 0.6 is 0 Å². The first kappa shape index (κ1) is 22.8. The monoisotopic (exact) mass is 466 g/mol. The van der Waals surface area contributed by atoms with Crippen LogP contribution in [0.25, 0.3) is 0 Å². The highest BCUT2D eigenvalue weighted by atomic mass is 32.2. The SMILES string of the molecule is CCn1c(C)cc(C(=O)COC(=O)c2cccc(S(=O)(=O)N3CCc4ccccc43)c2)c1C. The highest BCUT2D eigenvalue weighted by Crippen LogP contribution is 2.32. The van der Waals surface area contributed by atoms with Gasteiger partial charge in [-0.05, 0) is 63.1 Å². The van der Waals surface area contributed by atoms with E-state index in [2.05, 4.69) is 0 Å². The molecule has 8 heteroatoms. The molecule has 0 N–H and O–H groups in total. The molecule has 1 aliphatic heterocycles. The predicted molar refractivity (Wildman–Crippen MR) is 125 cm³/mol. The predicted octanol–water partition coefficient (Wildman–Crippen LogP) is 3.92.